The fraction of sp³-hybridized carbons (Fsp3) is 0.143. The van der Waals surface area contributed by atoms with Gasteiger partial charge in [0.2, 0.25) is 0 Å². The van der Waals surface area contributed by atoms with Crippen LogP contribution < -0.4 is 10.3 Å². The molecule has 29 heavy (non-hydrogen) atoms. The van der Waals surface area contributed by atoms with E-state index in [0.29, 0.717) is 29.0 Å². The van der Waals surface area contributed by atoms with Crippen molar-refractivity contribution < 1.29 is 14.6 Å². The van der Waals surface area contributed by atoms with Crippen molar-refractivity contribution in [1.82, 2.24) is 19.7 Å². The van der Waals surface area contributed by atoms with Crippen LogP contribution in [0, 0.1) is 6.92 Å². The number of rotatable bonds is 5. The smallest absolute Gasteiger partial charge is 0.336 e. The summed E-state index contributed by atoms with van der Waals surface area (Å²) >= 11 is 0. The molecule has 2 aromatic heterocycles. The number of aromatic nitrogens is 4. The monoisotopic (exact) mass is 390 g/mol. The summed E-state index contributed by atoms with van der Waals surface area (Å²) in [5.41, 5.74) is 3.14. The topological polar surface area (TPSA) is 110 Å². The Hall–Kier alpha value is -3.94. The molecular formula is C21H18N4O4. The van der Waals surface area contributed by atoms with Gasteiger partial charge in [-0.1, -0.05) is 42.5 Å². The average Bonchev–Trinajstić information content (AvgIpc) is 3.06. The molecule has 146 valence electrons. The Kier molecular flexibility index (Phi) is 4.59. The van der Waals surface area contributed by atoms with Crippen molar-refractivity contribution >= 4 is 17.0 Å². The largest absolute Gasteiger partial charge is 0.478 e. The van der Waals surface area contributed by atoms with E-state index in [0.717, 1.165) is 11.1 Å². The third kappa shape index (κ3) is 3.25. The van der Waals surface area contributed by atoms with Gasteiger partial charge >= 0.3 is 5.97 Å². The fourth-order valence-corrected chi connectivity index (χ4v) is 3.38. The van der Waals surface area contributed by atoms with Crippen LogP contribution in [0.15, 0.2) is 53.3 Å². The lowest BCUT2D eigenvalue weighted by atomic mass is 9.99. The predicted molar refractivity (Wildman–Crippen MR) is 107 cm³/mol. The Morgan fingerprint density at radius 1 is 1.17 bits per heavy atom. The van der Waals surface area contributed by atoms with Crippen molar-refractivity contribution in [3.8, 4) is 17.0 Å². The van der Waals surface area contributed by atoms with Gasteiger partial charge in [-0.3, -0.25) is 4.79 Å². The average molecular weight is 390 g/mol. The number of fused-ring (bicyclic) bond motifs is 1. The summed E-state index contributed by atoms with van der Waals surface area (Å²) in [7, 11) is 1.47. The van der Waals surface area contributed by atoms with E-state index >= 15 is 0 Å². The zero-order chi connectivity index (χ0) is 20.5. The number of benzene rings is 2. The number of hydrogen-bond donors (Lipinski definition) is 2. The molecule has 0 aliphatic carbocycles. The molecule has 0 bridgehead atoms. The summed E-state index contributed by atoms with van der Waals surface area (Å²) in [6, 6.07) is 14.4. The molecule has 4 aromatic rings. The van der Waals surface area contributed by atoms with E-state index in [4.69, 9.17) is 4.74 Å². The Labute approximate surface area is 165 Å². The minimum Gasteiger partial charge on any atom is -0.478 e. The van der Waals surface area contributed by atoms with Crippen molar-refractivity contribution in [2.24, 2.45) is 0 Å². The number of hydrogen-bond acceptors (Lipinski definition) is 5. The van der Waals surface area contributed by atoms with Crippen LogP contribution in [0.5, 0.6) is 5.88 Å². The molecule has 0 aliphatic rings. The van der Waals surface area contributed by atoms with Crippen LogP contribution in [0.25, 0.3) is 22.2 Å². The maximum Gasteiger partial charge on any atom is 0.336 e. The summed E-state index contributed by atoms with van der Waals surface area (Å²) < 4.78 is 7.00. The maximum absolute atomic E-state index is 12.3. The van der Waals surface area contributed by atoms with Crippen LogP contribution in [-0.2, 0) is 6.54 Å². The van der Waals surface area contributed by atoms with Gasteiger partial charge in [0.25, 0.3) is 11.4 Å². The molecule has 0 spiro atoms. The van der Waals surface area contributed by atoms with Gasteiger partial charge in [0.15, 0.2) is 5.52 Å². The van der Waals surface area contributed by atoms with E-state index in [-0.39, 0.29) is 17.0 Å². The molecule has 0 saturated carbocycles. The molecule has 0 amide bonds. The molecule has 2 heterocycles. The molecule has 4 rings (SSSR count). The number of aromatic amines is 1. The molecule has 0 atom stereocenters. The fourth-order valence-electron chi connectivity index (χ4n) is 3.38. The van der Waals surface area contributed by atoms with E-state index in [2.05, 4.69) is 15.2 Å². The zero-order valence-corrected chi connectivity index (χ0v) is 15.8. The normalized spacial score (nSPS) is 11.0. The molecule has 8 heteroatoms. The van der Waals surface area contributed by atoms with Crippen LogP contribution >= 0.6 is 0 Å². The number of imidazole rings is 1. The summed E-state index contributed by atoms with van der Waals surface area (Å²) in [6.07, 6.45) is 0. The Morgan fingerprint density at radius 2 is 1.90 bits per heavy atom. The van der Waals surface area contributed by atoms with E-state index in [1.165, 1.54) is 7.11 Å². The first kappa shape index (κ1) is 18.4. The van der Waals surface area contributed by atoms with Crippen molar-refractivity contribution in [2.45, 2.75) is 13.5 Å². The molecular weight excluding hydrogens is 372 g/mol. The lowest BCUT2D eigenvalue weighted by Gasteiger charge is -2.09. The number of nitrogens with one attached hydrogen (secondary N) is 1. The van der Waals surface area contributed by atoms with E-state index in [9.17, 15) is 14.7 Å². The number of carboxylic acid groups (broad SMARTS) is 1. The first-order chi connectivity index (χ1) is 14.0. The number of aryl methyl sites for hydroxylation is 1. The highest BCUT2D eigenvalue weighted by Gasteiger charge is 2.17. The van der Waals surface area contributed by atoms with Crippen LogP contribution in [0.3, 0.4) is 0 Å². The van der Waals surface area contributed by atoms with Crippen molar-refractivity contribution in [1.29, 1.82) is 0 Å². The highest BCUT2D eigenvalue weighted by Crippen LogP contribution is 2.25. The number of ether oxygens (including phenoxy) is 1. The molecule has 0 unspecified atom stereocenters. The lowest BCUT2D eigenvalue weighted by Crippen LogP contribution is -2.14. The lowest BCUT2D eigenvalue weighted by molar-refractivity contribution is 0.0697. The number of carboxylic acids is 1. The minimum atomic E-state index is -0.966. The van der Waals surface area contributed by atoms with Crippen LogP contribution in [-0.4, -0.2) is 37.9 Å². The predicted octanol–water partition coefficient (Wildman–Crippen LogP) is 2.85. The molecule has 0 saturated heterocycles. The Balaban J connectivity index is 1.72. The van der Waals surface area contributed by atoms with E-state index in [1.807, 2.05) is 37.3 Å². The van der Waals surface area contributed by atoms with Crippen molar-refractivity contribution in [3.63, 3.8) is 0 Å². The van der Waals surface area contributed by atoms with Gasteiger partial charge in [-0.05, 0) is 29.7 Å². The highest BCUT2D eigenvalue weighted by atomic mass is 16.5. The van der Waals surface area contributed by atoms with Gasteiger partial charge in [-0.2, -0.15) is 0 Å². The molecule has 2 aromatic carbocycles. The first-order valence-corrected chi connectivity index (χ1v) is 8.90. The van der Waals surface area contributed by atoms with E-state index in [1.54, 1.807) is 22.8 Å². The SMILES string of the molecule is COc1n[nH]c(=O)c2c1nc(C)n2Cc1ccc(-c2ccccc2C(=O)O)cc1. The van der Waals surface area contributed by atoms with Gasteiger partial charge in [-0.25, -0.2) is 14.9 Å². The molecule has 0 radical (unpaired) electrons. The van der Waals surface area contributed by atoms with Gasteiger partial charge in [0, 0.05) is 6.54 Å². The molecule has 0 fully saturated rings. The summed E-state index contributed by atoms with van der Waals surface area (Å²) in [5, 5.41) is 15.7. The quantitative estimate of drug-likeness (QED) is 0.542. The third-order valence-corrected chi connectivity index (χ3v) is 4.79. The molecule has 0 aliphatic heterocycles. The van der Waals surface area contributed by atoms with Crippen molar-refractivity contribution in [3.05, 3.63) is 75.8 Å². The number of aromatic carboxylic acids is 1. The van der Waals surface area contributed by atoms with E-state index < -0.39 is 5.97 Å². The Morgan fingerprint density at radius 3 is 2.59 bits per heavy atom. The number of methoxy groups -OCH3 is 1. The van der Waals surface area contributed by atoms with Crippen molar-refractivity contribution in [2.75, 3.05) is 7.11 Å². The number of nitrogens with zero attached hydrogens (tertiary/aromatic N) is 3. The first-order valence-electron chi connectivity index (χ1n) is 8.90. The summed E-state index contributed by atoms with van der Waals surface area (Å²) in [6.45, 7) is 2.25. The van der Waals surface area contributed by atoms with Crippen LogP contribution in [0.4, 0.5) is 0 Å². The number of carbonyl (C=O) groups is 1. The highest BCUT2D eigenvalue weighted by molar-refractivity contribution is 5.96. The molecule has 2 N–H and O–H groups in total. The maximum atomic E-state index is 12.3. The summed E-state index contributed by atoms with van der Waals surface area (Å²) in [4.78, 5) is 28.2. The minimum absolute atomic E-state index is 0.253. The standard InChI is InChI=1S/C21H18N4O4/c1-12-22-17-18(19(26)23-24-20(17)29-2)25(12)11-13-7-9-14(10-8-13)15-5-3-4-6-16(15)21(27)28/h3-10H,11H2,1-2H3,(H,23,26)(H,27,28). The van der Waals surface area contributed by atoms with Crippen LogP contribution in [0.2, 0.25) is 0 Å². The van der Waals surface area contributed by atoms with Gasteiger partial charge < -0.3 is 14.4 Å². The molecule has 8 nitrogen and oxygen atoms in total. The van der Waals surface area contributed by atoms with Gasteiger partial charge in [-0.15, -0.1) is 5.10 Å². The van der Waals surface area contributed by atoms with Gasteiger partial charge in [0.1, 0.15) is 11.3 Å². The Bertz CT molecular complexity index is 1270. The second-order valence-corrected chi connectivity index (χ2v) is 6.55. The van der Waals surface area contributed by atoms with Crippen LogP contribution in [0.1, 0.15) is 21.7 Å². The third-order valence-electron chi connectivity index (χ3n) is 4.79. The van der Waals surface area contributed by atoms with Gasteiger partial charge in [0.05, 0.1) is 12.7 Å². The zero-order valence-electron chi connectivity index (χ0n) is 15.8. The second kappa shape index (κ2) is 7.23. The second-order valence-electron chi connectivity index (χ2n) is 6.55. The number of H-pyrrole nitrogens is 1. The summed E-state index contributed by atoms with van der Waals surface area (Å²) in [5.74, 6) is -0.0360.